The van der Waals surface area contributed by atoms with E-state index in [9.17, 15) is 0 Å². The topological polar surface area (TPSA) is 91.9 Å². The van der Waals surface area contributed by atoms with E-state index in [2.05, 4.69) is 37.0 Å². The molecule has 2 aliphatic rings. The molecule has 9 heteroatoms. The van der Waals surface area contributed by atoms with Crippen molar-refractivity contribution in [3.8, 4) is 0 Å². The number of rotatable bonds is 5. The van der Waals surface area contributed by atoms with Gasteiger partial charge >= 0.3 is 0 Å². The van der Waals surface area contributed by atoms with Crippen molar-refractivity contribution in [1.82, 2.24) is 14.9 Å². The lowest BCUT2D eigenvalue weighted by Crippen LogP contribution is -2.64. The molecule has 172 valence electrons. The fourth-order valence-electron chi connectivity index (χ4n) is 3.92. The molecule has 1 aromatic carbocycles. The Bertz CT molecular complexity index is 1030. The van der Waals surface area contributed by atoms with Gasteiger partial charge in [0.05, 0.1) is 46.2 Å². The van der Waals surface area contributed by atoms with Crippen LogP contribution in [-0.2, 0) is 4.74 Å². The summed E-state index contributed by atoms with van der Waals surface area (Å²) in [5.41, 5.74) is 8.20. The second-order valence-electron chi connectivity index (χ2n) is 9.70. The number of allylic oxidation sites excluding steroid dienone is 1. The number of benzene rings is 1. The van der Waals surface area contributed by atoms with Crippen LogP contribution in [0.4, 0.5) is 11.6 Å². The molecule has 1 aromatic heterocycles. The van der Waals surface area contributed by atoms with Gasteiger partial charge in [0, 0.05) is 50.2 Å². The molecule has 3 heterocycles. The highest BCUT2D eigenvalue weighted by atomic mass is 35.5. The maximum atomic E-state index is 6.64. The number of aromatic nitrogens is 2. The summed E-state index contributed by atoms with van der Waals surface area (Å²) >= 11 is 6.64. The molecule has 2 aliphatic heterocycles. The lowest BCUT2D eigenvalue weighted by Gasteiger charge is -2.50. The van der Waals surface area contributed by atoms with Crippen LogP contribution in [0, 0.1) is 0 Å². The summed E-state index contributed by atoms with van der Waals surface area (Å²) in [7, 11) is 0. The van der Waals surface area contributed by atoms with Crippen molar-refractivity contribution in [2.75, 3.05) is 49.6 Å². The average Bonchev–Trinajstić information content (AvgIpc) is 2.74. The Balaban J connectivity index is 1.51. The van der Waals surface area contributed by atoms with Crippen molar-refractivity contribution >= 4 is 40.4 Å². The summed E-state index contributed by atoms with van der Waals surface area (Å²) < 4.78 is 5.43. The van der Waals surface area contributed by atoms with Crippen molar-refractivity contribution in [1.29, 1.82) is 0 Å². The van der Waals surface area contributed by atoms with Gasteiger partial charge in [-0.3, -0.25) is 9.89 Å². The lowest BCUT2D eigenvalue weighted by molar-refractivity contribution is -0.131. The molecular formula is C23H32ClN7O. The smallest absolute Gasteiger partial charge is 0.227 e. The first-order valence-corrected chi connectivity index (χ1v) is 11.3. The molecular weight excluding hydrogens is 426 g/mol. The molecule has 2 saturated heterocycles. The molecule has 0 radical (unpaired) electrons. The van der Waals surface area contributed by atoms with Gasteiger partial charge in [0.25, 0.3) is 0 Å². The number of hydrogen-bond acceptors (Lipinski definition) is 8. The summed E-state index contributed by atoms with van der Waals surface area (Å²) in [6.45, 7) is 13.8. The fraction of sp³-hybridized carbons (Fsp3) is 0.522. The van der Waals surface area contributed by atoms with E-state index in [1.807, 2.05) is 32.9 Å². The van der Waals surface area contributed by atoms with Crippen molar-refractivity contribution in [2.24, 2.45) is 10.7 Å². The van der Waals surface area contributed by atoms with Crippen molar-refractivity contribution in [3.63, 3.8) is 0 Å². The van der Waals surface area contributed by atoms with E-state index in [1.54, 1.807) is 12.4 Å². The molecule has 2 fully saturated rings. The number of piperazine rings is 1. The first kappa shape index (κ1) is 22.8. The van der Waals surface area contributed by atoms with E-state index in [4.69, 9.17) is 22.1 Å². The molecule has 0 amide bonds. The first-order chi connectivity index (χ1) is 15.2. The average molecular weight is 458 g/mol. The number of nitrogens with two attached hydrogens (primary N) is 1. The minimum atomic E-state index is -0.196. The van der Waals surface area contributed by atoms with Crippen molar-refractivity contribution in [2.45, 2.75) is 38.8 Å². The predicted octanol–water partition coefficient (Wildman–Crippen LogP) is 3.28. The number of anilines is 2. The van der Waals surface area contributed by atoms with Gasteiger partial charge in [-0.05, 0) is 39.8 Å². The van der Waals surface area contributed by atoms with Gasteiger partial charge in [0.15, 0.2) is 0 Å². The molecule has 0 atom stereocenters. The zero-order chi connectivity index (χ0) is 22.9. The minimum Gasteiger partial charge on any atom is -0.403 e. The van der Waals surface area contributed by atoms with Gasteiger partial charge in [-0.1, -0.05) is 11.6 Å². The third kappa shape index (κ3) is 4.98. The molecule has 0 bridgehead atoms. The third-order valence-electron chi connectivity index (χ3n) is 5.88. The second-order valence-corrected chi connectivity index (χ2v) is 10.1. The van der Waals surface area contributed by atoms with Crippen LogP contribution in [0.2, 0.25) is 5.02 Å². The number of aliphatic imine (C=N–C) groups is 1. The van der Waals surface area contributed by atoms with Crippen LogP contribution in [0.1, 0.15) is 27.7 Å². The first-order valence-electron chi connectivity index (χ1n) is 11.0. The molecule has 32 heavy (non-hydrogen) atoms. The second kappa shape index (κ2) is 8.84. The molecule has 4 rings (SSSR count). The molecule has 3 N–H and O–H groups in total. The largest absolute Gasteiger partial charge is 0.403 e. The standard InChI is InChI=1S/C23H32ClN7O/c1-22(2,3)27-13-17(11-25)28-21-26-12-16-9-18(24)20(10-19(16)29-21)30-5-7-31(8-6-30)23(4)14-32-15-23/h9-13H,5-8,14-15,25H2,1-4H3,(H,26,28,29)/b17-11+,27-13?. The van der Waals surface area contributed by atoms with Crippen molar-refractivity contribution < 1.29 is 4.74 Å². The monoisotopic (exact) mass is 457 g/mol. The van der Waals surface area contributed by atoms with Crippen LogP contribution in [0.15, 0.2) is 35.2 Å². The quantitative estimate of drug-likeness (QED) is 0.665. The minimum absolute atomic E-state index is 0.178. The molecule has 0 spiro atoms. The Morgan fingerprint density at radius 1 is 1.25 bits per heavy atom. The van der Waals surface area contributed by atoms with E-state index >= 15 is 0 Å². The molecule has 8 nitrogen and oxygen atoms in total. The van der Waals surface area contributed by atoms with Crippen LogP contribution in [0.5, 0.6) is 0 Å². The highest BCUT2D eigenvalue weighted by molar-refractivity contribution is 6.34. The molecule has 2 aromatic rings. The van der Waals surface area contributed by atoms with E-state index < -0.39 is 0 Å². The number of nitrogens with one attached hydrogen (secondary N) is 1. The summed E-state index contributed by atoms with van der Waals surface area (Å²) in [6.07, 6.45) is 4.93. The lowest BCUT2D eigenvalue weighted by atomic mass is 9.97. The van der Waals surface area contributed by atoms with Gasteiger partial charge < -0.3 is 20.7 Å². The Morgan fingerprint density at radius 3 is 2.56 bits per heavy atom. The number of fused-ring (bicyclic) bond motifs is 1. The summed E-state index contributed by atoms with van der Waals surface area (Å²) in [5.74, 6) is 0.463. The normalized spacial score (nSPS) is 20.0. The van der Waals surface area contributed by atoms with Crippen LogP contribution in [-0.4, -0.2) is 71.6 Å². The third-order valence-corrected chi connectivity index (χ3v) is 6.19. The van der Waals surface area contributed by atoms with Crippen LogP contribution >= 0.6 is 11.6 Å². The number of ether oxygens (including phenoxy) is 1. The van der Waals surface area contributed by atoms with E-state index in [1.165, 1.54) is 6.20 Å². The fourth-order valence-corrected chi connectivity index (χ4v) is 4.21. The zero-order valence-electron chi connectivity index (χ0n) is 19.2. The highest BCUT2D eigenvalue weighted by Crippen LogP contribution is 2.33. The van der Waals surface area contributed by atoms with Gasteiger partial charge in [-0.2, -0.15) is 0 Å². The predicted molar refractivity (Wildman–Crippen MR) is 132 cm³/mol. The van der Waals surface area contributed by atoms with Gasteiger partial charge in [0.2, 0.25) is 5.95 Å². The van der Waals surface area contributed by atoms with E-state index in [-0.39, 0.29) is 11.1 Å². The zero-order valence-corrected chi connectivity index (χ0v) is 20.0. The van der Waals surface area contributed by atoms with Gasteiger partial charge in [0.1, 0.15) is 0 Å². The van der Waals surface area contributed by atoms with E-state index in [0.717, 1.165) is 56.0 Å². The molecule has 0 unspecified atom stereocenters. The van der Waals surface area contributed by atoms with E-state index in [0.29, 0.717) is 16.7 Å². The maximum absolute atomic E-state index is 6.64. The van der Waals surface area contributed by atoms with Crippen molar-refractivity contribution in [3.05, 3.63) is 35.2 Å². The number of nitrogens with zero attached hydrogens (tertiary/aromatic N) is 5. The Labute approximate surface area is 194 Å². The van der Waals surface area contributed by atoms with Gasteiger partial charge in [-0.15, -0.1) is 0 Å². The maximum Gasteiger partial charge on any atom is 0.227 e. The summed E-state index contributed by atoms with van der Waals surface area (Å²) in [4.78, 5) is 18.4. The highest BCUT2D eigenvalue weighted by Gasteiger charge is 2.40. The summed E-state index contributed by atoms with van der Waals surface area (Å²) in [6, 6.07) is 3.98. The number of hydrogen-bond donors (Lipinski definition) is 2. The Morgan fingerprint density at radius 2 is 1.97 bits per heavy atom. The van der Waals surface area contributed by atoms with Crippen LogP contribution in [0.3, 0.4) is 0 Å². The Hall–Kier alpha value is -2.42. The Kier molecular flexibility index (Phi) is 6.29. The summed E-state index contributed by atoms with van der Waals surface area (Å²) in [5, 5.41) is 4.75. The SMILES string of the molecule is CC(C)(C)N=C/C(=C\N)Nc1ncc2cc(Cl)c(N3CCN(C4(C)COC4)CC3)cc2n1. The van der Waals surface area contributed by atoms with Crippen LogP contribution < -0.4 is 16.0 Å². The number of halogens is 1. The van der Waals surface area contributed by atoms with Gasteiger partial charge in [-0.25, -0.2) is 9.97 Å². The molecule has 0 saturated carbocycles. The van der Waals surface area contributed by atoms with Crippen LogP contribution in [0.25, 0.3) is 10.9 Å². The molecule has 0 aliphatic carbocycles.